The van der Waals surface area contributed by atoms with Crippen LogP contribution in [0.2, 0.25) is 0 Å². The molecule has 0 spiro atoms. The highest BCUT2D eigenvalue weighted by molar-refractivity contribution is 5.89. The first-order chi connectivity index (χ1) is 18.8. The molecule has 4 heterocycles. The second-order valence-corrected chi connectivity index (χ2v) is 10.9. The van der Waals surface area contributed by atoms with Crippen LogP contribution in [0.25, 0.3) is 27.9 Å². The van der Waals surface area contributed by atoms with Crippen molar-refractivity contribution in [2.45, 2.75) is 51.4 Å². The Labute approximate surface area is 226 Å². The number of alkyl carbamates (subject to hydrolysis) is 1. The number of carbonyl (C=O) groups excluding carboxylic acids is 1. The van der Waals surface area contributed by atoms with E-state index in [0.717, 1.165) is 59.4 Å². The van der Waals surface area contributed by atoms with E-state index in [9.17, 15) is 4.79 Å². The van der Waals surface area contributed by atoms with Crippen LogP contribution >= 0.6 is 0 Å². The minimum atomic E-state index is -0.512. The van der Waals surface area contributed by atoms with Crippen LogP contribution in [-0.2, 0) is 14.5 Å². The molecule has 2 aromatic heterocycles. The van der Waals surface area contributed by atoms with E-state index < -0.39 is 5.60 Å². The van der Waals surface area contributed by atoms with E-state index in [-0.39, 0.29) is 18.2 Å². The van der Waals surface area contributed by atoms with E-state index in [2.05, 4.69) is 21.3 Å². The summed E-state index contributed by atoms with van der Waals surface area (Å²) >= 11 is 0. The van der Waals surface area contributed by atoms with Gasteiger partial charge >= 0.3 is 6.09 Å². The SMILES string of the molecule is CC(C)(C)OC(=O)NC1CCN(c2cccc3ncc(-n4cnc5cc(OCC6COO6)ccc54)nc23)CC1. The number of piperidine rings is 1. The molecule has 11 nitrogen and oxygen atoms in total. The van der Waals surface area contributed by atoms with Crippen molar-refractivity contribution >= 4 is 33.8 Å². The normalized spacial score (nSPS) is 18.2. The zero-order valence-corrected chi connectivity index (χ0v) is 22.3. The number of rotatable bonds is 6. The van der Waals surface area contributed by atoms with Gasteiger partial charge in [0.15, 0.2) is 11.9 Å². The zero-order valence-electron chi connectivity index (χ0n) is 22.3. The van der Waals surface area contributed by atoms with E-state index in [1.807, 2.05) is 55.7 Å². The average Bonchev–Trinajstić information content (AvgIpc) is 3.30. The van der Waals surface area contributed by atoms with Crippen LogP contribution in [0.5, 0.6) is 5.75 Å². The largest absolute Gasteiger partial charge is 0.491 e. The second kappa shape index (κ2) is 10.3. The molecule has 204 valence electrons. The van der Waals surface area contributed by atoms with Crippen LogP contribution in [0.1, 0.15) is 33.6 Å². The molecule has 2 aliphatic heterocycles. The Morgan fingerprint density at radius 1 is 1.13 bits per heavy atom. The third kappa shape index (κ3) is 5.59. The number of benzene rings is 2. The number of para-hydroxylation sites is 1. The van der Waals surface area contributed by atoms with Crippen molar-refractivity contribution in [3.05, 3.63) is 48.9 Å². The fraction of sp³-hybridized carbons (Fsp3) is 0.429. The Balaban J connectivity index is 1.19. The maximum atomic E-state index is 12.2. The van der Waals surface area contributed by atoms with E-state index in [1.54, 1.807) is 12.5 Å². The molecule has 0 bridgehead atoms. The molecule has 39 heavy (non-hydrogen) atoms. The number of hydrogen-bond acceptors (Lipinski definition) is 9. The summed E-state index contributed by atoms with van der Waals surface area (Å²) < 4.78 is 13.2. The molecule has 2 aliphatic rings. The van der Waals surface area contributed by atoms with Crippen molar-refractivity contribution in [3.8, 4) is 11.6 Å². The minimum absolute atomic E-state index is 0.0349. The van der Waals surface area contributed by atoms with Gasteiger partial charge in [-0.1, -0.05) is 6.07 Å². The van der Waals surface area contributed by atoms with Crippen LogP contribution in [0.4, 0.5) is 10.5 Å². The summed E-state index contributed by atoms with van der Waals surface area (Å²) in [4.78, 5) is 38.5. The standard InChI is InChI=1S/C28H32N6O5/c1-28(2,3)38-27(35)31-18-9-11-33(12-10-18)24-6-4-5-21-26(24)32-25(14-29-21)34-17-30-22-13-19(7-8-23(22)34)36-15-20-16-37-39-20/h4-8,13-14,17-18,20H,9-12,15-16H2,1-3H3,(H,31,35). The topological polar surface area (TPSA) is 113 Å². The van der Waals surface area contributed by atoms with Gasteiger partial charge < -0.3 is 19.7 Å². The number of carbonyl (C=O) groups is 1. The molecule has 2 aromatic carbocycles. The zero-order chi connectivity index (χ0) is 27.0. The molecule has 0 aliphatic carbocycles. The molecule has 6 rings (SSSR count). The number of aromatic nitrogens is 4. The number of nitrogens with one attached hydrogen (secondary N) is 1. The number of amides is 1. The van der Waals surface area contributed by atoms with Gasteiger partial charge in [-0.15, -0.1) is 0 Å². The van der Waals surface area contributed by atoms with Crippen LogP contribution in [-0.4, -0.2) is 69.7 Å². The average molecular weight is 533 g/mol. The molecular formula is C28H32N6O5. The summed E-state index contributed by atoms with van der Waals surface area (Å²) in [5.41, 5.74) is 3.88. The lowest BCUT2D eigenvalue weighted by molar-refractivity contribution is -0.427. The van der Waals surface area contributed by atoms with Gasteiger partial charge in [0.25, 0.3) is 0 Å². The molecule has 1 N–H and O–H groups in total. The molecule has 11 heteroatoms. The Hall–Kier alpha value is -3.96. The number of ether oxygens (including phenoxy) is 2. The fourth-order valence-electron chi connectivity index (χ4n) is 4.81. The third-order valence-electron chi connectivity index (χ3n) is 6.75. The van der Waals surface area contributed by atoms with Crippen LogP contribution in [0.3, 0.4) is 0 Å². The summed E-state index contributed by atoms with van der Waals surface area (Å²) in [7, 11) is 0. The van der Waals surface area contributed by atoms with Crippen molar-refractivity contribution in [2.75, 3.05) is 31.2 Å². The van der Waals surface area contributed by atoms with E-state index >= 15 is 0 Å². The van der Waals surface area contributed by atoms with Gasteiger partial charge in [-0.2, -0.15) is 0 Å². The highest BCUT2D eigenvalue weighted by Crippen LogP contribution is 2.29. The Kier molecular flexibility index (Phi) is 6.69. The molecule has 1 atom stereocenters. The van der Waals surface area contributed by atoms with E-state index in [1.165, 1.54) is 0 Å². The molecule has 0 radical (unpaired) electrons. The van der Waals surface area contributed by atoms with E-state index in [4.69, 9.17) is 29.2 Å². The van der Waals surface area contributed by atoms with Crippen molar-refractivity contribution in [3.63, 3.8) is 0 Å². The van der Waals surface area contributed by atoms with Gasteiger partial charge in [0, 0.05) is 25.2 Å². The lowest BCUT2D eigenvalue weighted by Crippen LogP contribution is -2.46. The Bertz CT molecular complexity index is 1490. The second-order valence-electron chi connectivity index (χ2n) is 10.9. The molecular weight excluding hydrogens is 500 g/mol. The van der Waals surface area contributed by atoms with Crippen molar-refractivity contribution < 1.29 is 24.0 Å². The molecule has 1 amide bonds. The van der Waals surface area contributed by atoms with Gasteiger partial charge in [0.1, 0.15) is 36.4 Å². The van der Waals surface area contributed by atoms with Crippen molar-refractivity contribution in [1.29, 1.82) is 0 Å². The highest BCUT2D eigenvalue weighted by atomic mass is 17.2. The predicted octanol–water partition coefficient (Wildman–Crippen LogP) is 4.17. The maximum absolute atomic E-state index is 12.2. The first kappa shape index (κ1) is 25.3. The predicted molar refractivity (Wildman–Crippen MR) is 145 cm³/mol. The summed E-state index contributed by atoms with van der Waals surface area (Å²) in [6.45, 7) is 8.16. The number of anilines is 1. The molecule has 2 saturated heterocycles. The number of imidazole rings is 1. The van der Waals surface area contributed by atoms with Gasteiger partial charge in [0.05, 0.1) is 28.4 Å². The lowest BCUT2D eigenvalue weighted by atomic mass is 10.0. The Morgan fingerprint density at radius 2 is 1.95 bits per heavy atom. The summed E-state index contributed by atoms with van der Waals surface area (Å²) in [5.74, 6) is 1.41. The van der Waals surface area contributed by atoms with Crippen LogP contribution < -0.4 is 15.0 Å². The molecule has 2 fully saturated rings. The monoisotopic (exact) mass is 532 g/mol. The quantitative estimate of drug-likeness (QED) is 0.366. The number of nitrogens with zero attached hydrogens (tertiary/aromatic N) is 5. The van der Waals surface area contributed by atoms with Gasteiger partial charge in [0.2, 0.25) is 0 Å². The number of fused-ring (bicyclic) bond motifs is 2. The van der Waals surface area contributed by atoms with Gasteiger partial charge in [-0.05, 0) is 57.9 Å². The van der Waals surface area contributed by atoms with Crippen LogP contribution in [0.15, 0.2) is 48.9 Å². The summed E-state index contributed by atoms with van der Waals surface area (Å²) in [6, 6.07) is 11.9. The molecule has 4 aromatic rings. The smallest absolute Gasteiger partial charge is 0.407 e. The number of hydrogen-bond donors (Lipinski definition) is 1. The fourth-order valence-corrected chi connectivity index (χ4v) is 4.81. The molecule has 1 unspecified atom stereocenters. The summed E-state index contributed by atoms with van der Waals surface area (Å²) in [5, 5.41) is 3.01. The van der Waals surface area contributed by atoms with Crippen molar-refractivity contribution in [2.24, 2.45) is 0 Å². The Morgan fingerprint density at radius 3 is 2.69 bits per heavy atom. The first-order valence-electron chi connectivity index (χ1n) is 13.2. The minimum Gasteiger partial charge on any atom is -0.491 e. The van der Waals surface area contributed by atoms with Gasteiger partial charge in [-0.3, -0.25) is 9.55 Å². The van der Waals surface area contributed by atoms with Crippen LogP contribution in [0, 0.1) is 0 Å². The first-order valence-corrected chi connectivity index (χ1v) is 13.2. The lowest BCUT2D eigenvalue weighted by Gasteiger charge is -2.34. The third-order valence-corrected chi connectivity index (χ3v) is 6.75. The maximum Gasteiger partial charge on any atom is 0.407 e. The molecule has 0 saturated carbocycles. The van der Waals surface area contributed by atoms with E-state index in [0.29, 0.717) is 19.0 Å². The van der Waals surface area contributed by atoms with Crippen molar-refractivity contribution in [1.82, 2.24) is 24.8 Å². The summed E-state index contributed by atoms with van der Waals surface area (Å²) in [6.07, 6.45) is 4.76. The van der Waals surface area contributed by atoms with Gasteiger partial charge in [-0.25, -0.2) is 24.5 Å². The highest BCUT2D eigenvalue weighted by Gasteiger charge is 2.25.